The number of hydrogen-bond donors (Lipinski definition) is 1. The van der Waals surface area contributed by atoms with Crippen LogP contribution in [0.4, 0.5) is 5.69 Å². The molecule has 1 heterocycles. The molecule has 0 saturated heterocycles. The lowest BCUT2D eigenvalue weighted by Gasteiger charge is -2.40. The molecule has 1 aromatic rings. The number of fused-ring (bicyclic) bond motifs is 1. The van der Waals surface area contributed by atoms with Crippen molar-refractivity contribution in [3.05, 3.63) is 29.3 Å². The monoisotopic (exact) mass is 234 g/mol. The van der Waals surface area contributed by atoms with Crippen LogP contribution in [0.1, 0.15) is 25.0 Å². The van der Waals surface area contributed by atoms with E-state index in [9.17, 15) is 0 Å². The third-order valence-electron chi connectivity index (χ3n) is 3.48. The zero-order chi connectivity index (χ0) is 12.5. The van der Waals surface area contributed by atoms with Crippen LogP contribution < -0.4 is 5.73 Å². The molecule has 0 saturated carbocycles. The summed E-state index contributed by atoms with van der Waals surface area (Å²) < 4.78 is 5.16. The first-order chi connectivity index (χ1) is 8.03. The van der Waals surface area contributed by atoms with E-state index in [4.69, 9.17) is 10.5 Å². The molecule has 0 radical (unpaired) electrons. The van der Waals surface area contributed by atoms with E-state index >= 15 is 0 Å². The van der Waals surface area contributed by atoms with Gasteiger partial charge in [0.05, 0.1) is 6.61 Å². The maximum absolute atomic E-state index is 5.87. The molecule has 1 aromatic carbocycles. The van der Waals surface area contributed by atoms with Crippen molar-refractivity contribution in [1.29, 1.82) is 0 Å². The van der Waals surface area contributed by atoms with E-state index in [1.54, 1.807) is 7.11 Å². The van der Waals surface area contributed by atoms with Crippen molar-refractivity contribution in [1.82, 2.24) is 4.90 Å². The van der Waals surface area contributed by atoms with Crippen LogP contribution in [0.5, 0.6) is 0 Å². The average Bonchev–Trinajstić information content (AvgIpc) is 2.24. The molecule has 0 aromatic heterocycles. The van der Waals surface area contributed by atoms with Crippen molar-refractivity contribution in [2.75, 3.05) is 32.5 Å². The van der Waals surface area contributed by atoms with E-state index < -0.39 is 0 Å². The Labute approximate surface area is 104 Å². The van der Waals surface area contributed by atoms with Gasteiger partial charge >= 0.3 is 0 Å². The predicted molar refractivity (Wildman–Crippen MR) is 71.0 cm³/mol. The van der Waals surface area contributed by atoms with E-state index in [2.05, 4.69) is 30.9 Å². The van der Waals surface area contributed by atoms with E-state index in [0.717, 1.165) is 31.9 Å². The fourth-order valence-corrected chi connectivity index (χ4v) is 2.72. The quantitative estimate of drug-likeness (QED) is 0.813. The Kier molecular flexibility index (Phi) is 3.40. The Morgan fingerprint density at radius 2 is 2.18 bits per heavy atom. The minimum absolute atomic E-state index is 0.190. The Morgan fingerprint density at radius 1 is 1.41 bits per heavy atom. The van der Waals surface area contributed by atoms with Gasteiger partial charge in [0.15, 0.2) is 0 Å². The molecule has 0 aliphatic carbocycles. The van der Waals surface area contributed by atoms with Crippen LogP contribution in [0, 0.1) is 0 Å². The van der Waals surface area contributed by atoms with Crippen LogP contribution in [0.15, 0.2) is 18.2 Å². The van der Waals surface area contributed by atoms with E-state index in [1.165, 1.54) is 11.1 Å². The maximum atomic E-state index is 5.87. The van der Waals surface area contributed by atoms with Gasteiger partial charge in [-0.1, -0.05) is 19.9 Å². The van der Waals surface area contributed by atoms with Gasteiger partial charge in [0.2, 0.25) is 0 Å². The third-order valence-corrected chi connectivity index (χ3v) is 3.48. The standard InChI is InChI=1S/C14H22N2O/c1-14(2)10-16(6-7-17-3)9-11-8-12(15)4-5-13(11)14/h4-5,8H,6-7,9-10,15H2,1-3H3. The molecule has 1 aliphatic heterocycles. The van der Waals surface area contributed by atoms with Gasteiger partial charge in [0, 0.05) is 37.8 Å². The molecule has 0 bridgehead atoms. The lowest BCUT2D eigenvalue weighted by molar-refractivity contribution is 0.121. The Morgan fingerprint density at radius 3 is 2.88 bits per heavy atom. The topological polar surface area (TPSA) is 38.5 Å². The van der Waals surface area contributed by atoms with Crippen molar-refractivity contribution < 1.29 is 4.74 Å². The van der Waals surface area contributed by atoms with E-state index in [-0.39, 0.29) is 5.41 Å². The number of nitrogens with zero attached hydrogens (tertiary/aromatic N) is 1. The summed E-state index contributed by atoms with van der Waals surface area (Å²) in [4.78, 5) is 2.44. The largest absolute Gasteiger partial charge is 0.399 e. The van der Waals surface area contributed by atoms with Crippen LogP contribution in [-0.4, -0.2) is 31.7 Å². The molecule has 94 valence electrons. The second-order valence-corrected chi connectivity index (χ2v) is 5.50. The van der Waals surface area contributed by atoms with Gasteiger partial charge < -0.3 is 10.5 Å². The molecule has 0 unspecified atom stereocenters. The van der Waals surface area contributed by atoms with Crippen molar-refractivity contribution in [3.8, 4) is 0 Å². The Bertz CT molecular complexity index is 401. The highest BCUT2D eigenvalue weighted by atomic mass is 16.5. The molecule has 1 aliphatic rings. The minimum Gasteiger partial charge on any atom is -0.399 e. The van der Waals surface area contributed by atoms with Crippen LogP contribution in [0.3, 0.4) is 0 Å². The summed E-state index contributed by atoms with van der Waals surface area (Å²) in [5.41, 5.74) is 9.71. The van der Waals surface area contributed by atoms with E-state index in [1.807, 2.05) is 6.07 Å². The Balaban J connectivity index is 2.25. The van der Waals surface area contributed by atoms with Crippen LogP contribution in [0.2, 0.25) is 0 Å². The molecule has 2 N–H and O–H groups in total. The summed E-state index contributed by atoms with van der Waals surface area (Å²) in [7, 11) is 1.75. The average molecular weight is 234 g/mol. The molecule has 3 heteroatoms. The predicted octanol–water partition coefficient (Wildman–Crippen LogP) is 2.01. The van der Waals surface area contributed by atoms with Crippen molar-refractivity contribution in [2.45, 2.75) is 25.8 Å². The Hall–Kier alpha value is -1.06. The highest BCUT2D eigenvalue weighted by Gasteiger charge is 2.31. The summed E-state index contributed by atoms with van der Waals surface area (Å²) in [5.74, 6) is 0. The fourth-order valence-electron chi connectivity index (χ4n) is 2.72. The van der Waals surface area contributed by atoms with Gasteiger partial charge in [-0.05, 0) is 23.3 Å². The number of nitrogen functional groups attached to an aromatic ring is 1. The van der Waals surface area contributed by atoms with Gasteiger partial charge in [0.25, 0.3) is 0 Å². The first-order valence-electron chi connectivity index (χ1n) is 6.13. The molecule has 3 nitrogen and oxygen atoms in total. The summed E-state index contributed by atoms with van der Waals surface area (Å²) in [6, 6.07) is 6.29. The van der Waals surface area contributed by atoms with Gasteiger partial charge in [-0.25, -0.2) is 0 Å². The number of hydrogen-bond acceptors (Lipinski definition) is 3. The molecular weight excluding hydrogens is 212 g/mol. The summed E-state index contributed by atoms with van der Waals surface area (Å²) in [6.07, 6.45) is 0. The highest BCUT2D eigenvalue weighted by Crippen LogP contribution is 2.34. The van der Waals surface area contributed by atoms with Gasteiger partial charge in [-0.3, -0.25) is 4.90 Å². The van der Waals surface area contributed by atoms with E-state index in [0.29, 0.717) is 0 Å². The first-order valence-corrected chi connectivity index (χ1v) is 6.13. The molecule has 0 fully saturated rings. The lowest BCUT2D eigenvalue weighted by Crippen LogP contribution is -2.43. The second-order valence-electron chi connectivity index (χ2n) is 5.50. The van der Waals surface area contributed by atoms with Gasteiger partial charge in [0.1, 0.15) is 0 Å². The smallest absolute Gasteiger partial charge is 0.0589 e. The molecular formula is C14H22N2O. The SMILES string of the molecule is COCCN1Cc2cc(N)ccc2C(C)(C)C1. The highest BCUT2D eigenvalue weighted by molar-refractivity contribution is 5.48. The summed E-state index contributed by atoms with van der Waals surface area (Å²) >= 11 is 0. The second kappa shape index (κ2) is 4.67. The van der Waals surface area contributed by atoms with Gasteiger partial charge in [-0.2, -0.15) is 0 Å². The summed E-state index contributed by atoms with van der Waals surface area (Å²) in [6.45, 7) is 8.41. The number of ether oxygens (including phenoxy) is 1. The third kappa shape index (κ3) is 2.61. The number of rotatable bonds is 3. The number of methoxy groups -OCH3 is 1. The maximum Gasteiger partial charge on any atom is 0.0589 e. The summed E-state index contributed by atoms with van der Waals surface area (Å²) in [5, 5.41) is 0. The zero-order valence-corrected chi connectivity index (χ0v) is 11.0. The first kappa shape index (κ1) is 12.4. The molecule has 0 spiro atoms. The molecule has 2 rings (SSSR count). The van der Waals surface area contributed by atoms with Crippen molar-refractivity contribution in [2.24, 2.45) is 0 Å². The molecule has 17 heavy (non-hydrogen) atoms. The number of benzene rings is 1. The van der Waals surface area contributed by atoms with Crippen LogP contribution in [0.25, 0.3) is 0 Å². The van der Waals surface area contributed by atoms with Crippen LogP contribution >= 0.6 is 0 Å². The van der Waals surface area contributed by atoms with Crippen molar-refractivity contribution >= 4 is 5.69 Å². The number of anilines is 1. The fraction of sp³-hybridized carbons (Fsp3) is 0.571. The zero-order valence-electron chi connectivity index (χ0n) is 11.0. The number of nitrogens with two attached hydrogens (primary N) is 1. The van der Waals surface area contributed by atoms with Gasteiger partial charge in [-0.15, -0.1) is 0 Å². The lowest BCUT2D eigenvalue weighted by atomic mass is 9.78. The van der Waals surface area contributed by atoms with Crippen LogP contribution in [-0.2, 0) is 16.7 Å². The normalized spacial score (nSPS) is 19.0. The molecule has 0 atom stereocenters. The molecule has 0 amide bonds. The van der Waals surface area contributed by atoms with Crippen molar-refractivity contribution in [3.63, 3.8) is 0 Å². The minimum atomic E-state index is 0.190.